The molecule has 0 fully saturated rings. The number of ether oxygens (including phenoxy) is 1. The molecule has 5 N–H and O–H groups in total. The predicted octanol–water partition coefficient (Wildman–Crippen LogP) is 1.83. The Morgan fingerprint density at radius 1 is 1.13 bits per heavy atom. The van der Waals surface area contributed by atoms with Gasteiger partial charge in [-0.1, -0.05) is 19.9 Å². The summed E-state index contributed by atoms with van der Waals surface area (Å²) in [6.07, 6.45) is -2.56. The molecule has 1 unspecified atom stereocenters. The molecule has 1 aliphatic carbocycles. The third kappa shape index (κ3) is 3.38. The number of benzene rings is 2. The van der Waals surface area contributed by atoms with E-state index in [0.717, 1.165) is 5.56 Å². The SMILES string of the molecule is CC1(C)c2cc(OC[C@@H](O)C(O)CO)ccc2C(=O)c2c1[nH]c1cc(C(=O)O)ccc21. The van der Waals surface area contributed by atoms with E-state index in [1.54, 1.807) is 24.3 Å². The Kier molecular flexibility index (Phi) is 5.09. The summed E-state index contributed by atoms with van der Waals surface area (Å²) in [5.41, 5.74) is 2.57. The fourth-order valence-corrected chi connectivity index (χ4v) is 4.05. The normalized spacial score (nSPS) is 16.5. The molecule has 162 valence electrons. The molecule has 0 saturated carbocycles. The van der Waals surface area contributed by atoms with E-state index in [2.05, 4.69) is 4.98 Å². The summed E-state index contributed by atoms with van der Waals surface area (Å²) < 4.78 is 5.57. The molecule has 0 saturated heterocycles. The zero-order valence-corrected chi connectivity index (χ0v) is 17.0. The van der Waals surface area contributed by atoms with Crippen LogP contribution in [0, 0.1) is 0 Å². The van der Waals surface area contributed by atoms with E-state index in [1.165, 1.54) is 12.1 Å². The lowest BCUT2D eigenvalue weighted by molar-refractivity contribution is -0.0339. The van der Waals surface area contributed by atoms with Gasteiger partial charge in [0.05, 0.1) is 17.7 Å². The van der Waals surface area contributed by atoms with E-state index in [-0.39, 0.29) is 18.0 Å². The lowest BCUT2D eigenvalue weighted by Crippen LogP contribution is -2.34. The maximum atomic E-state index is 13.3. The van der Waals surface area contributed by atoms with Gasteiger partial charge in [-0.3, -0.25) is 4.79 Å². The predicted molar refractivity (Wildman–Crippen MR) is 112 cm³/mol. The molecule has 0 amide bonds. The second-order valence-electron chi connectivity index (χ2n) is 8.23. The quantitative estimate of drug-likeness (QED) is 0.406. The lowest BCUT2D eigenvalue weighted by Gasteiger charge is -2.32. The number of carboxylic acid groups (broad SMARTS) is 1. The van der Waals surface area contributed by atoms with Gasteiger partial charge in [0, 0.05) is 27.6 Å². The van der Waals surface area contributed by atoms with E-state index in [9.17, 15) is 24.9 Å². The Morgan fingerprint density at radius 3 is 2.55 bits per heavy atom. The summed E-state index contributed by atoms with van der Waals surface area (Å²) in [4.78, 5) is 27.9. The lowest BCUT2D eigenvalue weighted by atomic mass is 9.71. The average Bonchev–Trinajstić information content (AvgIpc) is 3.15. The Morgan fingerprint density at radius 2 is 1.87 bits per heavy atom. The van der Waals surface area contributed by atoms with Crippen LogP contribution in [0.1, 0.15) is 51.4 Å². The highest BCUT2D eigenvalue weighted by Crippen LogP contribution is 2.44. The zero-order chi connectivity index (χ0) is 22.5. The molecule has 1 aromatic heterocycles. The van der Waals surface area contributed by atoms with Crippen molar-refractivity contribution < 1.29 is 34.8 Å². The molecule has 1 heterocycles. The largest absolute Gasteiger partial charge is 0.491 e. The fourth-order valence-electron chi connectivity index (χ4n) is 4.05. The van der Waals surface area contributed by atoms with E-state index in [1.807, 2.05) is 13.8 Å². The van der Waals surface area contributed by atoms with Gasteiger partial charge in [-0.25, -0.2) is 4.79 Å². The van der Waals surface area contributed by atoms with Crippen LogP contribution >= 0.6 is 0 Å². The highest BCUT2D eigenvalue weighted by molar-refractivity contribution is 6.20. The minimum atomic E-state index is -1.31. The van der Waals surface area contributed by atoms with Gasteiger partial charge in [-0.05, 0) is 35.9 Å². The number of ketones is 1. The van der Waals surface area contributed by atoms with Crippen LogP contribution in [-0.4, -0.2) is 62.6 Å². The number of aromatic nitrogens is 1. The molecule has 31 heavy (non-hydrogen) atoms. The number of hydrogen-bond acceptors (Lipinski definition) is 6. The molecule has 3 aromatic rings. The van der Waals surface area contributed by atoms with Crippen LogP contribution in [-0.2, 0) is 5.41 Å². The molecule has 0 bridgehead atoms. The highest BCUT2D eigenvalue weighted by atomic mass is 16.5. The van der Waals surface area contributed by atoms with E-state index < -0.39 is 30.2 Å². The highest BCUT2D eigenvalue weighted by Gasteiger charge is 2.40. The van der Waals surface area contributed by atoms with Crippen LogP contribution < -0.4 is 4.74 Å². The maximum Gasteiger partial charge on any atom is 0.335 e. The van der Waals surface area contributed by atoms with Crippen LogP contribution in [0.3, 0.4) is 0 Å². The molecule has 1 aliphatic rings. The van der Waals surface area contributed by atoms with Gasteiger partial charge in [0.2, 0.25) is 0 Å². The van der Waals surface area contributed by atoms with Gasteiger partial charge in [-0.2, -0.15) is 0 Å². The van der Waals surface area contributed by atoms with Crippen molar-refractivity contribution in [3.05, 3.63) is 64.3 Å². The first-order valence-electron chi connectivity index (χ1n) is 9.83. The summed E-state index contributed by atoms with van der Waals surface area (Å²) in [6.45, 7) is 3.12. The summed E-state index contributed by atoms with van der Waals surface area (Å²) in [5, 5.41) is 38.1. The third-order valence-electron chi connectivity index (χ3n) is 5.86. The number of aliphatic hydroxyl groups excluding tert-OH is 3. The Labute approximate surface area is 177 Å². The van der Waals surface area contributed by atoms with Gasteiger partial charge in [0.15, 0.2) is 5.78 Å². The van der Waals surface area contributed by atoms with Gasteiger partial charge < -0.3 is 30.1 Å². The van der Waals surface area contributed by atoms with Crippen molar-refractivity contribution in [2.45, 2.75) is 31.5 Å². The fraction of sp³-hybridized carbons (Fsp3) is 0.304. The van der Waals surface area contributed by atoms with Gasteiger partial charge in [0.1, 0.15) is 24.6 Å². The van der Waals surface area contributed by atoms with Crippen molar-refractivity contribution >= 4 is 22.7 Å². The molecule has 2 aromatic carbocycles. The number of carboxylic acids is 1. The second kappa shape index (κ2) is 7.49. The number of rotatable bonds is 6. The zero-order valence-electron chi connectivity index (χ0n) is 17.0. The Balaban J connectivity index is 1.75. The first kappa shape index (κ1) is 21.0. The molecule has 8 heteroatoms. The number of hydrogen-bond donors (Lipinski definition) is 5. The van der Waals surface area contributed by atoms with Crippen molar-refractivity contribution in [3.63, 3.8) is 0 Å². The third-order valence-corrected chi connectivity index (χ3v) is 5.86. The summed E-state index contributed by atoms with van der Waals surface area (Å²) in [6, 6.07) is 9.66. The maximum absolute atomic E-state index is 13.3. The Bertz CT molecular complexity index is 1190. The minimum Gasteiger partial charge on any atom is -0.491 e. The number of aliphatic hydroxyl groups is 3. The van der Waals surface area contributed by atoms with Crippen LogP contribution in [0.25, 0.3) is 10.9 Å². The average molecular weight is 425 g/mol. The summed E-state index contributed by atoms with van der Waals surface area (Å²) in [7, 11) is 0. The number of fused-ring (bicyclic) bond motifs is 4. The summed E-state index contributed by atoms with van der Waals surface area (Å²) in [5.74, 6) is -0.795. The van der Waals surface area contributed by atoms with Gasteiger partial charge in [-0.15, -0.1) is 0 Å². The van der Waals surface area contributed by atoms with Crippen molar-refractivity contribution in [2.24, 2.45) is 0 Å². The molecule has 2 atom stereocenters. The molecule has 4 rings (SSSR count). The van der Waals surface area contributed by atoms with Crippen molar-refractivity contribution in [2.75, 3.05) is 13.2 Å². The molecule has 0 aliphatic heterocycles. The molecule has 0 radical (unpaired) electrons. The summed E-state index contributed by atoms with van der Waals surface area (Å²) >= 11 is 0. The monoisotopic (exact) mass is 425 g/mol. The number of carbonyl (C=O) groups is 2. The van der Waals surface area contributed by atoms with E-state index in [0.29, 0.717) is 33.5 Å². The van der Waals surface area contributed by atoms with Crippen molar-refractivity contribution in [3.8, 4) is 5.75 Å². The molecule has 8 nitrogen and oxygen atoms in total. The van der Waals surface area contributed by atoms with Crippen LogP contribution in [0.15, 0.2) is 36.4 Å². The van der Waals surface area contributed by atoms with Gasteiger partial charge >= 0.3 is 5.97 Å². The number of aromatic carboxylic acids is 1. The Hall–Kier alpha value is -3.20. The van der Waals surface area contributed by atoms with E-state index in [4.69, 9.17) is 9.84 Å². The first-order chi connectivity index (χ1) is 14.6. The number of carbonyl (C=O) groups excluding carboxylic acids is 1. The van der Waals surface area contributed by atoms with Crippen LogP contribution in [0.5, 0.6) is 5.75 Å². The topological polar surface area (TPSA) is 140 Å². The van der Waals surface area contributed by atoms with Crippen LogP contribution in [0.2, 0.25) is 0 Å². The molecular weight excluding hydrogens is 402 g/mol. The minimum absolute atomic E-state index is 0.133. The van der Waals surface area contributed by atoms with E-state index >= 15 is 0 Å². The number of H-pyrrole nitrogens is 1. The van der Waals surface area contributed by atoms with Crippen LogP contribution in [0.4, 0.5) is 0 Å². The molecule has 0 spiro atoms. The first-order valence-corrected chi connectivity index (χ1v) is 9.83. The van der Waals surface area contributed by atoms with Crippen molar-refractivity contribution in [1.82, 2.24) is 4.98 Å². The van der Waals surface area contributed by atoms with Gasteiger partial charge in [0.25, 0.3) is 0 Å². The smallest absolute Gasteiger partial charge is 0.335 e. The number of aromatic amines is 1. The van der Waals surface area contributed by atoms with Crippen molar-refractivity contribution in [1.29, 1.82) is 0 Å². The standard InChI is InChI=1S/C23H23NO7/c1-23(2)15-8-12(31-10-18(27)17(26)9-25)4-6-13(15)20(28)19-14-5-3-11(22(29)30)7-16(14)24-21(19)23/h3-8,17-18,24-27H,9-10H2,1-2H3,(H,29,30)/t17?,18-/m1/s1. The second-order valence-corrected chi connectivity index (χ2v) is 8.23. The molecular formula is C23H23NO7. The number of nitrogens with one attached hydrogen (secondary N) is 1.